The van der Waals surface area contributed by atoms with Gasteiger partial charge in [0.1, 0.15) is 0 Å². The van der Waals surface area contributed by atoms with Gasteiger partial charge in [0.25, 0.3) is 11.7 Å². The van der Waals surface area contributed by atoms with Crippen LogP contribution in [0.4, 0.5) is 5.69 Å². The summed E-state index contributed by atoms with van der Waals surface area (Å²) in [5.41, 5.74) is 1.66. The molecule has 1 aliphatic rings. The van der Waals surface area contributed by atoms with Crippen LogP contribution in [0.2, 0.25) is 5.02 Å². The van der Waals surface area contributed by atoms with Crippen molar-refractivity contribution in [2.24, 2.45) is 0 Å². The Bertz CT molecular complexity index is 733. The van der Waals surface area contributed by atoms with Crippen molar-refractivity contribution in [2.45, 2.75) is 6.54 Å². The van der Waals surface area contributed by atoms with E-state index in [-0.39, 0.29) is 12.1 Å². The zero-order valence-electron chi connectivity index (χ0n) is 10.1. The number of amides is 1. The van der Waals surface area contributed by atoms with E-state index in [0.29, 0.717) is 10.7 Å². The van der Waals surface area contributed by atoms with Gasteiger partial charge in [-0.15, -0.1) is 0 Å². The molecular weight excluding hydrogens is 344 g/mol. The van der Waals surface area contributed by atoms with Crippen LogP contribution in [-0.4, -0.2) is 16.7 Å². The number of hydrogen-bond acceptors (Lipinski definition) is 3. The number of carbonyl (C=O) groups is 2. The molecule has 1 aromatic heterocycles. The Balaban J connectivity index is 2.02. The Morgan fingerprint density at radius 1 is 1.25 bits per heavy atom. The number of Topliss-reactive ketones (excluding diaryl/α,β-unsaturated/α-hetero) is 1. The maximum atomic E-state index is 12.1. The van der Waals surface area contributed by atoms with Gasteiger partial charge < -0.3 is 4.90 Å². The van der Waals surface area contributed by atoms with Gasteiger partial charge in [0.2, 0.25) is 0 Å². The van der Waals surface area contributed by atoms with Crippen LogP contribution in [0.3, 0.4) is 0 Å². The van der Waals surface area contributed by atoms with Crippen molar-refractivity contribution in [1.82, 2.24) is 4.98 Å². The van der Waals surface area contributed by atoms with Crippen molar-refractivity contribution >= 4 is 44.9 Å². The number of anilines is 1. The van der Waals surface area contributed by atoms with Crippen molar-refractivity contribution in [3.8, 4) is 0 Å². The van der Waals surface area contributed by atoms with Crippen molar-refractivity contribution < 1.29 is 9.59 Å². The maximum Gasteiger partial charge on any atom is 0.299 e. The van der Waals surface area contributed by atoms with Gasteiger partial charge in [-0.25, -0.2) is 0 Å². The van der Waals surface area contributed by atoms with Crippen molar-refractivity contribution in [3.63, 3.8) is 0 Å². The monoisotopic (exact) mass is 350 g/mol. The van der Waals surface area contributed by atoms with Gasteiger partial charge in [0.15, 0.2) is 0 Å². The summed E-state index contributed by atoms with van der Waals surface area (Å²) in [6.07, 6.45) is 3.32. The van der Waals surface area contributed by atoms with E-state index in [1.165, 1.54) is 4.90 Å². The Morgan fingerprint density at radius 2 is 2.05 bits per heavy atom. The van der Waals surface area contributed by atoms with E-state index >= 15 is 0 Å². The fraction of sp³-hybridized carbons (Fsp3) is 0.0714. The average molecular weight is 352 g/mol. The van der Waals surface area contributed by atoms with Crippen LogP contribution in [0.1, 0.15) is 15.9 Å². The molecule has 0 saturated carbocycles. The third-order valence-electron chi connectivity index (χ3n) is 3.05. The summed E-state index contributed by atoms with van der Waals surface area (Å²) in [4.78, 5) is 29.5. The lowest BCUT2D eigenvalue weighted by molar-refractivity contribution is -0.114. The van der Waals surface area contributed by atoms with E-state index in [0.717, 1.165) is 10.0 Å². The van der Waals surface area contributed by atoms with Gasteiger partial charge >= 0.3 is 0 Å². The van der Waals surface area contributed by atoms with Crippen LogP contribution in [0, 0.1) is 0 Å². The number of hydrogen-bond donors (Lipinski definition) is 0. The normalized spacial score (nSPS) is 13.8. The summed E-state index contributed by atoms with van der Waals surface area (Å²) in [6.45, 7) is 0.282. The number of rotatable bonds is 2. The third kappa shape index (κ3) is 2.13. The van der Waals surface area contributed by atoms with E-state index in [9.17, 15) is 9.59 Å². The minimum Gasteiger partial charge on any atom is -0.300 e. The number of carbonyl (C=O) groups excluding carboxylic acids is 2. The van der Waals surface area contributed by atoms with Crippen LogP contribution >= 0.6 is 27.5 Å². The lowest BCUT2D eigenvalue weighted by atomic mass is 10.1. The third-order valence-corrected chi connectivity index (χ3v) is 3.80. The largest absolute Gasteiger partial charge is 0.300 e. The molecule has 2 heterocycles. The standard InChI is InChI=1S/C14H8BrClN2O2/c15-9-4-8(5-17-6-9)7-18-11-3-1-2-10(16)12(11)13(19)14(18)20/h1-6H,7H2. The predicted molar refractivity (Wildman–Crippen MR) is 78.9 cm³/mol. The zero-order chi connectivity index (χ0) is 14.3. The summed E-state index contributed by atoms with van der Waals surface area (Å²) in [6, 6.07) is 6.90. The molecule has 4 nitrogen and oxygen atoms in total. The summed E-state index contributed by atoms with van der Waals surface area (Å²) in [5.74, 6) is -1.12. The molecule has 100 valence electrons. The fourth-order valence-corrected chi connectivity index (χ4v) is 2.85. The zero-order valence-corrected chi connectivity index (χ0v) is 12.5. The molecular formula is C14H8BrClN2O2. The summed E-state index contributed by atoms with van der Waals surface area (Å²) in [5, 5.41) is 0.302. The van der Waals surface area contributed by atoms with Crippen molar-refractivity contribution in [3.05, 3.63) is 57.3 Å². The smallest absolute Gasteiger partial charge is 0.299 e. The van der Waals surface area contributed by atoms with Crippen molar-refractivity contribution in [2.75, 3.05) is 4.90 Å². The first kappa shape index (κ1) is 13.3. The van der Waals surface area contributed by atoms with Crippen LogP contribution in [0.25, 0.3) is 0 Å². The van der Waals surface area contributed by atoms with Crippen molar-refractivity contribution in [1.29, 1.82) is 0 Å². The molecule has 1 aromatic carbocycles. The molecule has 0 N–H and O–H groups in total. The summed E-state index contributed by atoms with van der Waals surface area (Å²) in [7, 11) is 0. The van der Waals surface area contributed by atoms with Gasteiger partial charge in [-0.05, 0) is 39.7 Å². The fourth-order valence-electron chi connectivity index (χ4n) is 2.18. The van der Waals surface area contributed by atoms with Crippen LogP contribution in [0.5, 0.6) is 0 Å². The van der Waals surface area contributed by atoms with E-state index in [1.54, 1.807) is 30.6 Å². The first-order chi connectivity index (χ1) is 9.58. The quantitative estimate of drug-likeness (QED) is 0.781. The number of nitrogens with zero attached hydrogens (tertiary/aromatic N) is 2. The van der Waals surface area contributed by atoms with Crippen LogP contribution in [0.15, 0.2) is 41.1 Å². The SMILES string of the molecule is O=C1C(=O)N(Cc2cncc(Br)c2)c2cccc(Cl)c21. The molecule has 0 bridgehead atoms. The van der Waals surface area contributed by atoms with E-state index in [1.807, 2.05) is 6.07 Å². The van der Waals surface area contributed by atoms with Crippen LogP contribution in [-0.2, 0) is 11.3 Å². The first-order valence-electron chi connectivity index (χ1n) is 5.82. The van der Waals surface area contributed by atoms with Crippen LogP contribution < -0.4 is 4.90 Å². The molecule has 0 radical (unpaired) electrons. The molecule has 0 aliphatic carbocycles. The molecule has 6 heteroatoms. The highest BCUT2D eigenvalue weighted by atomic mass is 79.9. The topological polar surface area (TPSA) is 50.3 Å². The second-order valence-electron chi connectivity index (χ2n) is 4.37. The highest BCUT2D eigenvalue weighted by Crippen LogP contribution is 2.35. The molecule has 2 aromatic rings. The Hall–Kier alpha value is -1.72. The van der Waals surface area contributed by atoms with Gasteiger partial charge in [0, 0.05) is 16.9 Å². The highest BCUT2D eigenvalue weighted by molar-refractivity contribution is 9.10. The minimum absolute atomic E-state index is 0.280. The lowest BCUT2D eigenvalue weighted by Crippen LogP contribution is -2.29. The second kappa shape index (κ2) is 5.00. The second-order valence-corrected chi connectivity index (χ2v) is 5.69. The van der Waals surface area contributed by atoms with E-state index < -0.39 is 11.7 Å². The molecule has 0 fully saturated rings. The van der Waals surface area contributed by atoms with Gasteiger partial charge in [-0.3, -0.25) is 14.6 Å². The molecule has 0 spiro atoms. The number of benzene rings is 1. The number of aromatic nitrogens is 1. The lowest BCUT2D eigenvalue weighted by Gasteiger charge is -2.16. The Labute approximate surface area is 128 Å². The molecule has 3 rings (SSSR count). The molecule has 1 amide bonds. The van der Waals surface area contributed by atoms with Gasteiger partial charge in [-0.2, -0.15) is 0 Å². The predicted octanol–water partition coefficient (Wildman–Crippen LogP) is 3.23. The molecule has 1 aliphatic heterocycles. The van der Waals surface area contributed by atoms with Gasteiger partial charge in [-0.1, -0.05) is 17.7 Å². The maximum absolute atomic E-state index is 12.1. The number of fused-ring (bicyclic) bond motifs is 1. The molecule has 0 atom stereocenters. The summed E-state index contributed by atoms with van der Waals surface area (Å²) < 4.78 is 0.819. The number of halogens is 2. The minimum atomic E-state index is -0.562. The first-order valence-corrected chi connectivity index (χ1v) is 6.99. The Morgan fingerprint density at radius 3 is 2.80 bits per heavy atom. The van der Waals surface area contributed by atoms with E-state index in [4.69, 9.17) is 11.6 Å². The number of pyridine rings is 1. The summed E-state index contributed by atoms with van der Waals surface area (Å²) >= 11 is 9.33. The molecule has 0 unspecified atom stereocenters. The van der Waals surface area contributed by atoms with Gasteiger partial charge in [0.05, 0.1) is 22.8 Å². The highest BCUT2D eigenvalue weighted by Gasteiger charge is 2.37. The average Bonchev–Trinajstić information content (AvgIpc) is 2.65. The molecule has 0 saturated heterocycles. The Kier molecular flexibility index (Phi) is 3.31. The molecule has 20 heavy (non-hydrogen) atoms. The number of ketones is 1. The van der Waals surface area contributed by atoms with E-state index in [2.05, 4.69) is 20.9 Å².